The molecule has 0 aliphatic carbocycles. The Hall–Kier alpha value is -2.12. The van der Waals surface area contributed by atoms with Crippen LogP contribution >= 0.6 is 0 Å². The summed E-state index contributed by atoms with van der Waals surface area (Å²) in [4.78, 5) is 28.5. The van der Waals surface area contributed by atoms with Gasteiger partial charge in [0.25, 0.3) is 0 Å². The minimum absolute atomic E-state index is 0.0322. The van der Waals surface area contributed by atoms with Crippen LogP contribution in [-0.2, 0) is 25.6 Å². The van der Waals surface area contributed by atoms with Crippen molar-refractivity contribution in [2.45, 2.75) is 39.3 Å². The average molecular weight is 392 g/mol. The van der Waals surface area contributed by atoms with Crippen LogP contribution in [-0.4, -0.2) is 63.8 Å². The lowest BCUT2D eigenvalue weighted by Gasteiger charge is -2.28. The Morgan fingerprint density at radius 2 is 2.07 bits per heavy atom. The summed E-state index contributed by atoms with van der Waals surface area (Å²) in [5, 5.41) is 2.94. The van der Waals surface area contributed by atoms with Gasteiger partial charge in [-0.3, -0.25) is 9.59 Å². The SMILES string of the molecule is COCC(=O)N(Cc1cc(NC(=O)C(C)C)ccc1N(C)C)C[C@H]1CCCO1. The molecule has 1 saturated heterocycles. The normalized spacial score (nSPS) is 16.3. The van der Waals surface area contributed by atoms with Gasteiger partial charge in [-0.2, -0.15) is 0 Å². The van der Waals surface area contributed by atoms with E-state index in [1.807, 2.05) is 51.0 Å². The molecule has 1 aromatic rings. The third kappa shape index (κ3) is 6.21. The first kappa shape index (κ1) is 22.2. The molecule has 0 unspecified atom stereocenters. The van der Waals surface area contributed by atoms with E-state index < -0.39 is 0 Å². The number of ether oxygens (including phenoxy) is 2. The number of nitrogens with zero attached hydrogens (tertiary/aromatic N) is 2. The molecule has 7 nitrogen and oxygen atoms in total. The number of amides is 2. The van der Waals surface area contributed by atoms with Crippen molar-refractivity contribution in [1.82, 2.24) is 4.90 Å². The fourth-order valence-electron chi connectivity index (χ4n) is 3.22. The Labute approximate surface area is 168 Å². The van der Waals surface area contributed by atoms with E-state index in [0.717, 1.165) is 36.4 Å². The molecule has 0 aromatic heterocycles. The average Bonchev–Trinajstić information content (AvgIpc) is 3.14. The molecule has 0 bridgehead atoms. The zero-order chi connectivity index (χ0) is 20.7. The lowest BCUT2D eigenvalue weighted by molar-refractivity contribution is -0.137. The predicted molar refractivity (Wildman–Crippen MR) is 111 cm³/mol. The van der Waals surface area contributed by atoms with Gasteiger partial charge in [0.2, 0.25) is 11.8 Å². The standard InChI is InChI=1S/C21H33N3O4/c1-15(2)21(26)22-17-8-9-19(23(3)4)16(11-17)12-24(20(25)14-27-5)13-18-7-6-10-28-18/h8-9,11,15,18H,6-7,10,12-14H2,1-5H3,(H,22,26)/t18-/m1/s1. The number of hydrogen-bond donors (Lipinski definition) is 1. The van der Waals surface area contributed by atoms with Crippen molar-refractivity contribution in [1.29, 1.82) is 0 Å². The molecule has 2 rings (SSSR count). The maximum atomic E-state index is 12.6. The Morgan fingerprint density at radius 3 is 2.64 bits per heavy atom. The van der Waals surface area contributed by atoms with Crippen LogP contribution in [0.2, 0.25) is 0 Å². The molecule has 1 fully saturated rings. The molecule has 1 aliphatic rings. The summed E-state index contributed by atoms with van der Waals surface area (Å²) in [6.45, 7) is 5.47. The molecule has 1 aromatic carbocycles. The van der Waals surface area contributed by atoms with Crippen molar-refractivity contribution in [2.24, 2.45) is 5.92 Å². The maximum Gasteiger partial charge on any atom is 0.248 e. The number of hydrogen-bond acceptors (Lipinski definition) is 5. The van der Waals surface area contributed by atoms with Gasteiger partial charge in [-0.1, -0.05) is 13.8 Å². The van der Waals surface area contributed by atoms with Crippen molar-refractivity contribution in [3.8, 4) is 0 Å². The van der Waals surface area contributed by atoms with Crippen molar-refractivity contribution in [2.75, 3.05) is 51.2 Å². The second-order valence-corrected chi connectivity index (χ2v) is 7.72. The van der Waals surface area contributed by atoms with Crippen molar-refractivity contribution in [3.63, 3.8) is 0 Å². The van der Waals surface area contributed by atoms with Gasteiger partial charge in [0.05, 0.1) is 6.10 Å². The molecule has 0 saturated carbocycles. The van der Waals surface area contributed by atoms with E-state index in [0.29, 0.717) is 13.1 Å². The topological polar surface area (TPSA) is 71.1 Å². The first-order valence-corrected chi connectivity index (χ1v) is 9.81. The van der Waals surface area contributed by atoms with E-state index in [1.54, 1.807) is 4.90 Å². The van der Waals surface area contributed by atoms with Crippen LogP contribution in [0.25, 0.3) is 0 Å². The highest BCUT2D eigenvalue weighted by Gasteiger charge is 2.24. The molecule has 156 valence electrons. The number of carbonyl (C=O) groups is 2. The Kier molecular flexibility index (Phi) is 8.26. The van der Waals surface area contributed by atoms with Gasteiger partial charge in [0.1, 0.15) is 6.61 Å². The summed E-state index contributed by atoms with van der Waals surface area (Å²) in [5.74, 6) is -0.203. The van der Waals surface area contributed by atoms with Crippen LogP contribution in [0.15, 0.2) is 18.2 Å². The van der Waals surface area contributed by atoms with Crippen molar-refractivity contribution in [3.05, 3.63) is 23.8 Å². The lowest BCUT2D eigenvalue weighted by Crippen LogP contribution is -2.39. The van der Waals surface area contributed by atoms with E-state index in [4.69, 9.17) is 9.47 Å². The molecule has 28 heavy (non-hydrogen) atoms. The summed E-state index contributed by atoms with van der Waals surface area (Å²) < 4.78 is 10.8. The van der Waals surface area contributed by atoms with E-state index in [9.17, 15) is 9.59 Å². The summed E-state index contributed by atoms with van der Waals surface area (Å²) >= 11 is 0. The van der Waals surface area contributed by atoms with E-state index in [1.165, 1.54) is 7.11 Å². The Balaban J connectivity index is 2.25. The molecule has 1 aliphatic heterocycles. The first-order chi connectivity index (χ1) is 13.3. The third-order valence-corrected chi connectivity index (χ3v) is 4.78. The van der Waals surface area contributed by atoms with E-state index in [-0.39, 0.29) is 30.4 Å². The Bertz CT molecular complexity index is 670. The van der Waals surface area contributed by atoms with Gasteiger partial charge < -0.3 is 24.6 Å². The van der Waals surface area contributed by atoms with Crippen molar-refractivity contribution < 1.29 is 19.1 Å². The van der Waals surface area contributed by atoms with Crippen LogP contribution in [0.4, 0.5) is 11.4 Å². The number of benzene rings is 1. The zero-order valence-corrected chi connectivity index (χ0v) is 17.7. The van der Waals surface area contributed by atoms with Gasteiger partial charge in [-0.15, -0.1) is 0 Å². The number of methoxy groups -OCH3 is 1. The second kappa shape index (κ2) is 10.4. The Morgan fingerprint density at radius 1 is 1.32 bits per heavy atom. The number of anilines is 2. The third-order valence-electron chi connectivity index (χ3n) is 4.78. The van der Waals surface area contributed by atoms with E-state index >= 15 is 0 Å². The summed E-state index contributed by atoms with van der Waals surface area (Å²) in [6, 6.07) is 5.80. The fraction of sp³-hybridized carbons (Fsp3) is 0.619. The van der Waals surface area contributed by atoms with Crippen LogP contribution in [0.5, 0.6) is 0 Å². The van der Waals surface area contributed by atoms with Crippen LogP contribution in [0.1, 0.15) is 32.3 Å². The zero-order valence-electron chi connectivity index (χ0n) is 17.7. The maximum absolute atomic E-state index is 12.6. The molecule has 0 radical (unpaired) electrons. The molecular formula is C21H33N3O4. The summed E-state index contributed by atoms with van der Waals surface area (Å²) in [7, 11) is 5.45. The number of rotatable bonds is 9. The van der Waals surface area contributed by atoms with Crippen molar-refractivity contribution >= 4 is 23.2 Å². The number of carbonyl (C=O) groups excluding carboxylic acids is 2. The molecular weight excluding hydrogens is 358 g/mol. The fourth-order valence-corrected chi connectivity index (χ4v) is 3.22. The summed E-state index contributed by atoms with van der Waals surface area (Å²) in [6.07, 6.45) is 2.05. The highest BCUT2D eigenvalue weighted by atomic mass is 16.5. The smallest absolute Gasteiger partial charge is 0.248 e. The van der Waals surface area contributed by atoms with E-state index in [2.05, 4.69) is 5.32 Å². The van der Waals surface area contributed by atoms with Gasteiger partial charge in [0, 0.05) is 58.2 Å². The van der Waals surface area contributed by atoms with Gasteiger partial charge >= 0.3 is 0 Å². The highest BCUT2D eigenvalue weighted by molar-refractivity contribution is 5.92. The van der Waals surface area contributed by atoms with Gasteiger partial charge in [-0.25, -0.2) is 0 Å². The van der Waals surface area contributed by atoms with Crippen LogP contribution in [0.3, 0.4) is 0 Å². The second-order valence-electron chi connectivity index (χ2n) is 7.72. The molecule has 0 spiro atoms. The molecule has 1 atom stereocenters. The minimum atomic E-state index is -0.101. The molecule has 2 amide bonds. The predicted octanol–water partition coefficient (Wildman–Crippen LogP) is 2.50. The highest BCUT2D eigenvalue weighted by Crippen LogP contribution is 2.26. The quantitative estimate of drug-likeness (QED) is 0.700. The monoisotopic (exact) mass is 391 g/mol. The summed E-state index contributed by atoms with van der Waals surface area (Å²) in [5.41, 5.74) is 2.70. The van der Waals surface area contributed by atoms with Gasteiger partial charge in [-0.05, 0) is 36.6 Å². The minimum Gasteiger partial charge on any atom is -0.377 e. The number of nitrogens with one attached hydrogen (secondary N) is 1. The van der Waals surface area contributed by atoms with Crippen LogP contribution in [0, 0.1) is 5.92 Å². The van der Waals surface area contributed by atoms with Gasteiger partial charge in [0.15, 0.2) is 0 Å². The molecule has 7 heteroatoms. The lowest BCUT2D eigenvalue weighted by atomic mass is 10.1. The molecule has 1 N–H and O–H groups in total. The molecule has 1 heterocycles. The van der Waals surface area contributed by atoms with Crippen LogP contribution < -0.4 is 10.2 Å². The first-order valence-electron chi connectivity index (χ1n) is 9.81. The largest absolute Gasteiger partial charge is 0.377 e.